The van der Waals surface area contributed by atoms with E-state index in [4.69, 9.17) is 0 Å². The molecule has 0 aromatic carbocycles. The topological polar surface area (TPSA) is 37.4 Å². The Balaban J connectivity index is 2.51. The van der Waals surface area contributed by atoms with Crippen molar-refractivity contribution >= 4 is 11.7 Å². The van der Waals surface area contributed by atoms with E-state index in [1.807, 2.05) is 0 Å². The van der Waals surface area contributed by atoms with Crippen LogP contribution in [-0.2, 0) is 9.59 Å². The summed E-state index contributed by atoms with van der Waals surface area (Å²) >= 11 is 0. The highest BCUT2D eigenvalue weighted by molar-refractivity contribution is 6.36. The smallest absolute Gasteiger partial charge is 0.290 e. The zero-order valence-corrected chi connectivity index (χ0v) is 7.67. The third-order valence-corrected chi connectivity index (χ3v) is 2.13. The molecule has 1 saturated heterocycles. The molecule has 1 heterocycles. The average molecular weight is 169 g/mol. The molecule has 1 amide bonds. The first-order valence-electron chi connectivity index (χ1n) is 4.46. The van der Waals surface area contributed by atoms with E-state index >= 15 is 0 Å². The molecular formula is C9H15NO2. The van der Waals surface area contributed by atoms with Crippen LogP contribution in [0.15, 0.2) is 0 Å². The van der Waals surface area contributed by atoms with Gasteiger partial charge in [0.1, 0.15) is 0 Å². The molecular weight excluding hydrogens is 154 g/mol. The van der Waals surface area contributed by atoms with Gasteiger partial charge in [0, 0.05) is 19.0 Å². The molecule has 0 radical (unpaired) electrons. The third-order valence-electron chi connectivity index (χ3n) is 2.13. The molecule has 12 heavy (non-hydrogen) atoms. The fourth-order valence-corrected chi connectivity index (χ4v) is 1.32. The summed E-state index contributed by atoms with van der Waals surface area (Å²) in [6.07, 6.45) is 2.08. The zero-order chi connectivity index (χ0) is 9.14. The fraction of sp³-hybridized carbons (Fsp3) is 0.778. The van der Waals surface area contributed by atoms with Crippen molar-refractivity contribution < 1.29 is 9.59 Å². The number of amides is 1. The molecule has 1 aliphatic heterocycles. The number of Topliss-reactive ketones (excluding diaryl/α,β-unsaturated/α-hetero) is 1. The van der Waals surface area contributed by atoms with Gasteiger partial charge in [0.2, 0.25) is 5.78 Å². The predicted molar refractivity (Wildman–Crippen MR) is 45.7 cm³/mol. The van der Waals surface area contributed by atoms with Crippen LogP contribution in [0.25, 0.3) is 0 Å². The summed E-state index contributed by atoms with van der Waals surface area (Å²) in [5.74, 6) is -0.711. The molecule has 0 aliphatic carbocycles. The van der Waals surface area contributed by atoms with Gasteiger partial charge >= 0.3 is 0 Å². The van der Waals surface area contributed by atoms with Crippen LogP contribution in [0.5, 0.6) is 0 Å². The van der Waals surface area contributed by atoms with Crippen LogP contribution in [0.1, 0.15) is 26.7 Å². The monoisotopic (exact) mass is 169 g/mol. The zero-order valence-electron chi connectivity index (χ0n) is 7.67. The SMILES string of the molecule is CC(C)C(=O)C(=O)N1CCCC1. The van der Waals surface area contributed by atoms with Gasteiger partial charge in [0.05, 0.1) is 0 Å². The van der Waals surface area contributed by atoms with E-state index in [0.717, 1.165) is 25.9 Å². The van der Waals surface area contributed by atoms with Crippen LogP contribution in [0.4, 0.5) is 0 Å². The Kier molecular flexibility index (Phi) is 2.84. The summed E-state index contributed by atoms with van der Waals surface area (Å²) in [6.45, 7) is 5.04. The lowest BCUT2D eigenvalue weighted by molar-refractivity contribution is -0.145. The highest BCUT2D eigenvalue weighted by atomic mass is 16.2. The Morgan fingerprint density at radius 3 is 2.08 bits per heavy atom. The van der Waals surface area contributed by atoms with Crippen LogP contribution in [-0.4, -0.2) is 29.7 Å². The number of carbonyl (C=O) groups excluding carboxylic acids is 2. The van der Waals surface area contributed by atoms with Gasteiger partial charge in [0.25, 0.3) is 5.91 Å². The van der Waals surface area contributed by atoms with E-state index in [9.17, 15) is 9.59 Å². The summed E-state index contributed by atoms with van der Waals surface area (Å²) in [4.78, 5) is 24.3. The lowest BCUT2D eigenvalue weighted by Crippen LogP contribution is -2.36. The summed E-state index contributed by atoms with van der Waals surface area (Å²) in [7, 11) is 0. The van der Waals surface area contributed by atoms with Gasteiger partial charge in [-0.15, -0.1) is 0 Å². The summed E-state index contributed by atoms with van der Waals surface area (Å²) in [6, 6.07) is 0. The molecule has 0 atom stereocenters. The number of carbonyl (C=O) groups is 2. The van der Waals surface area contributed by atoms with Crippen LogP contribution in [0.3, 0.4) is 0 Å². The van der Waals surface area contributed by atoms with Crippen molar-refractivity contribution in [1.29, 1.82) is 0 Å². The Morgan fingerprint density at radius 2 is 1.67 bits per heavy atom. The molecule has 0 spiro atoms. The van der Waals surface area contributed by atoms with Gasteiger partial charge in [-0.3, -0.25) is 9.59 Å². The van der Waals surface area contributed by atoms with Crippen LogP contribution in [0.2, 0.25) is 0 Å². The van der Waals surface area contributed by atoms with Crippen molar-refractivity contribution in [2.24, 2.45) is 5.92 Å². The first kappa shape index (κ1) is 9.23. The molecule has 0 aromatic heterocycles. The Hall–Kier alpha value is -0.860. The Labute approximate surface area is 72.7 Å². The molecule has 0 saturated carbocycles. The third kappa shape index (κ3) is 1.84. The molecule has 3 heteroatoms. The summed E-state index contributed by atoms with van der Waals surface area (Å²) < 4.78 is 0. The minimum atomic E-state index is -0.289. The van der Waals surface area contributed by atoms with Gasteiger partial charge in [-0.05, 0) is 12.8 Å². The van der Waals surface area contributed by atoms with Crippen molar-refractivity contribution in [1.82, 2.24) is 4.90 Å². The molecule has 1 aliphatic rings. The van der Waals surface area contributed by atoms with Crippen LogP contribution in [0, 0.1) is 5.92 Å². The molecule has 1 fully saturated rings. The maximum atomic E-state index is 11.4. The first-order valence-corrected chi connectivity index (χ1v) is 4.46. The summed E-state index contributed by atoms with van der Waals surface area (Å²) in [5.41, 5.74) is 0. The highest BCUT2D eigenvalue weighted by Gasteiger charge is 2.25. The number of rotatable bonds is 2. The molecule has 68 valence electrons. The van der Waals surface area contributed by atoms with Gasteiger partial charge in [-0.2, -0.15) is 0 Å². The van der Waals surface area contributed by atoms with Crippen LogP contribution < -0.4 is 0 Å². The van der Waals surface area contributed by atoms with Crippen molar-refractivity contribution in [3.8, 4) is 0 Å². The van der Waals surface area contributed by atoms with Gasteiger partial charge in [-0.1, -0.05) is 13.8 Å². The maximum Gasteiger partial charge on any atom is 0.290 e. The number of ketones is 1. The fourth-order valence-electron chi connectivity index (χ4n) is 1.32. The van der Waals surface area contributed by atoms with Gasteiger partial charge < -0.3 is 4.90 Å². The van der Waals surface area contributed by atoms with E-state index in [0.29, 0.717) is 0 Å². The minimum absolute atomic E-state index is 0.168. The van der Waals surface area contributed by atoms with E-state index in [1.165, 1.54) is 0 Å². The van der Waals surface area contributed by atoms with Gasteiger partial charge in [0.15, 0.2) is 0 Å². The second-order valence-corrected chi connectivity index (χ2v) is 3.52. The standard InChI is InChI=1S/C9H15NO2/c1-7(2)8(11)9(12)10-5-3-4-6-10/h7H,3-6H2,1-2H3. The number of hydrogen-bond acceptors (Lipinski definition) is 2. The van der Waals surface area contributed by atoms with E-state index < -0.39 is 0 Å². The molecule has 3 nitrogen and oxygen atoms in total. The Bertz CT molecular complexity index is 193. The predicted octanol–water partition coefficient (Wildman–Crippen LogP) is 0.834. The number of nitrogens with zero attached hydrogens (tertiary/aromatic N) is 1. The maximum absolute atomic E-state index is 11.4. The second-order valence-electron chi connectivity index (χ2n) is 3.52. The molecule has 0 unspecified atom stereocenters. The molecule has 1 rings (SSSR count). The highest BCUT2D eigenvalue weighted by Crippen LogP contribution is 2.09. The Morgan fingerprint density at radius 1 is 1.17 bits per heavy atom. The number of likely N-dealkylation sites (tertiary alicyclic amines) is 1. The molecule has 0 bridgehead atoms. The van der Waals surface area contributed by atoms with Crippen molar-refractivity contribution in [3.63, 3.8) is 0 Å². The largest absolute Gasteiger partial charge is 0.336 e. The lowest BCUT2D eigenvalue weighted by atomic mass is 10.1. The van der Waals surface area contributed by atoms with E-state index in [2.05, 4.69) is 0 Å². The van der Waals surface area contributed by atoms with Crippen molar-refractivity contribution in [2.75, 3.05) is 13.1 Å². The van der Waals surface area contributed by atoms with Crippen molar-refractivity contribution in [2.45, 2.75) is 26.7 Å². The number of hydrogen-bond donors (Lipinski definition) is 0. The quantitative estimate of drug-likeness (QED) is 0.574. The lowest BCUT2D eigenvalue weighted by Gasteiger charge is -2.14. The summed E-state index contributed by atoms with van der Waals surface area (Å²) in [5, 5.41) is 0. The molecule has 0 aromatic rings. The normalized spacial score (nSPS) is 17.1. The van der Waals surface area contributed by atoms with E-state index in [-0.39, 0.29) is 17.6 Å². The van der Waals surface area contributed by atoms with Crippen LogP contribution >= 0.6 is 0 Å². The van der Waals surface area contributed by atoms with Crippen molar-refractivity contribution in [3.05, 3.63) is 0 Å². The average Bonchev–Trinajstić information content (AvgIpc) is 2.53. The first-order chi connectivity index (χ1) is 5.63. The van der Waals surface area contributed by atoms with Gasteiger partial charge in [-0.25, -0.2) is 0 Å². The van der Waals surface area contributed by atoms with E-state index in [1.54, 1.807) is 18.7 Å². The molecule has 0 N–H and O–H groups in total. The minimum Gasteiger partial charge on any atom is -0.336 e. The second kappa shape index (κ2) is 3.70.